The average molecular weight is 371 g/mol. The summed E-state index contributed by atoms with van der Waals surface area (Å²) >= 11 is 0. The Balaban J connectivity index is 1.77. The van der Waals surface area contributed by atoms with Gasteiger partial charge in [0.05, 0.1) is 5.56 Å². The van der Waals surface area contributed by atoms with Gasteiger partial charge in [-0.1, -0.05) is 24.3 Å². The maximum atomic E-state index is 12.6. The smallest absolute Gasteiger partial charge is 0.306 e. The Kier molecular flexibility index (Phi) is 4.98. The molecule has 0 saturated carbocycles. The molecule has 1 N–H and O–H groups in total. The fourth-order valence-electron chi connectivity index (χ4n) is 2.28. The summed E-state index contributed by atoms with van der Waals surface area (Å²) in [6.45, 7) is 0. The van der Waals surface area contributed by atoms with Crippen molar-refractivity contribution in [1.29, 1.82) is 0 Å². The molecule has 0 fully saturated rings. The first-order valence-electron chi connectivity index (χ1n) is 7.74. The summed E-state index contributed by atoms with van der Waals surface area (Å²) < 4.78 is 37.8. The van der Waals surface area contributed by atoms with E-state index in [4.69, 9.17) is 0 Å². The number of rotatable bonds is 4. The highest BCUT2D eigenvalue weighted by Gasteiger charge is 2.30. The molecule has 8 heteroatoms. The lowest BCUT2D eigenvalue weighted by atomic mass is 10.1. The highest BCUT2D eigenvalue weighted by molar-refractivity contribution is 6.03. The molecule has 0 aliphatic rings. The summed E-state index contributed by atoms with van der Waals surface area (Å²) in [7, 11) is 0. The van der Waals surface area contributed by atoms with Gasteiger partial charge < -0.3 is 5.32 Å². The second-order valence-corrected chi connectivity index (χ2v) is 5.53. The summed E-state index contributed by atoms with van der Waals surface area (Å²) in [4.78, 5) is 31.2. The normalized spacial score (nSPS) is 11.1. The van der Waals surface area contributed by atoms with Crippen LogP contribution in [0.15, 0.2) is 60.8 Å². The third-order valence-electron chi connectivity index (χ3n) is 3.68. The van der Waals surface area contributed by atoms with Crippen molar-refractivity contribution in [3.8, 4) is 11.4 Å². The van der Waals surface area contributed by atoms with E-state index in [0.717, 1.165) is 24.3 Å². The molecule has 0 atom stereocenters. The molecule has 5 nitrogen and oxygen atoms in total. The number of benzene rings is 2. The maximum absolute atomic E-state index is 12.6. The highest BCUT2D eigenvalue weighted by Crippen LogP contribution is 2.29. The maximum Gasteiger partial charge on any atom is 0.416 e. The van der Waals surface area contributed by atoms with E-state index in [1.165, 1.54) is 12.3 Å². The van der Waals surface area contributed by atoms with Crippen molar-refractivity contribution in [1.82, 2.24) is 9.97 Å². The van der Waals surface area contributed by atoms with Gasteiger partial charge in [-0.3, -0.25) is 9.59 Å². The van der Waals surface area contributed by atoms with E-state index in [9.17, 15) is 22.8 Å². The molecular weight excluding hydrogens is 359 g/mol. The zero-order valence-corrected chi connectivity index (χ0v) is 13.7. The zero-order valence-electron chi connectivity index (χ0n) is 13.7. The highest BCUT2D eigenvalue weighted by atomic mass is 19.4. The van der Waals surface area contributed by atoms with E-state index in [1.54, 1.807) is 24.3 Å². The third kappa shape index (κ3) is 4.35. The van der Waals surface area contributed by atoms with Gasteiger partial charge in [-0.05, 0) is 30.3 Å². The molecule has 0 spiro atoms. The monoisotopic (exact) mass is 371 g/mol. The molecule has 2 aromatic carbocycles. The molecule has 1 aromatic heterocycles. The fourth-order valence-corrected chi connectivity index (χ4v) is 2.28. The second kappa shape index (κ2) is 7.36. The second-order valence-electron chi connectivity index (χ2n) is 5.53. The Hall–Kier alpha value is -3.55. The molecule has 3 aromatic rings. The Labute approximate surface area is 151 Å². The first-order valence-corrected chi connectivity index (χ1v) is 7.74. The van der Waals surface area contributed by atoms with Crippen LogP contribution in [0.4, 0.5) is 19.0 Å². The molecule has 0 aliphatic carbocycles. The van der Waals surface area contributed by atoms with Gasteiger partial charge in [0, 0.05) is 22.9 Å². The van der Waals surface area contributed by atoms with Crippen LogP contribution in [-0.2, 0) is 6.18 Å². The Morgan fingerprint density at radius 2 is 1.63 bits per heavy atom. The molecule has 1 heterocycles. The largest absolute Gasteiger partial charge is 0.416 e. The van der Waals surface area contributed by atoms with Crippen LogP contribution in [0, 0.1) is 0 Å². The van der Waals surface area contributed by atoms with Crippen LogP contribution >= 0.6 is 0 Å². The number of aldehydes is 1. The molecule has 0 bridgehead atoms. The fraction of sp³-hybridized carbons (Fsp3) is 0.0526. The lowest BCUT2D eigenvalue weighted by molar-refractivity contribution is -0.137. The lowest BCUT2D eigenvalue weighted by Gasteiger charge is -2.08. The zero-order chi connectivity index (χ0) is 19.4. The van der Waals surface area contributed by atoms with Crippen LogP contribution in [0.5, 0.6) is 0 Å². The Morgan fingerprint density at radius 3 is 2.22 bits per heavy atom. The summed E-state index contributed by atoms with van der Waals surface area (Å²) in [5.41, 5.74) is 0.386. The van der Waals surface area contributed by atoms with Crippen molar-refractivity contribution in [2.45, 2.75) is 6.18 Å². The van der Waals surface area contributed by atoms with Crippen LogP contribution in [0.2, 0.25) is 0 Å². The Morgan fingerprint density at radius 1 is 0.963 bits per heavy atom. The van der Waals surface area contributed by atoms with E-state index < -0.39 is 17.6 Å². The van der Waals surface area contributed by atoms with E-state index in [1.807, 2.05) is 0 Å². The minimum atomic E-state index is -4.46. The summed E-state index contributed by atoms with van der Waals surface area (Å²) in [5, 5.41) is 2.52. The van der Waals surface area contributed by atoms with Gasteiger partial charge >= 0.3 is 6.18 Å². The van der Waals surface area contributed by atoms with Crippen molar-refractivity contribution < 1.29 is 22.8 Å². The van der Waals surface area contributed by atoms with Crippen molar-refractivity contribution in [3.05, 3.63) is 77.5 Å². The number of alkyl halides is 3. The summed E-state index contributed by atoms with van der Waals surface area (Å²) in [6, 6.07) is 11.9. The van der Waals surface area contributed by atoms with Gasteiger partial charge in [-0.25, -0.2) is 9.97 Å². The van der Waals surface area contributed by atoms with Crippen molar-refractivity contribution in [3.63, 3.8) is 0 Å². The molecular formula is C19H12F3N3O2. The minimum absolute atomic E-state index is 0.0681. The van der Waals surface area contributed by atoms with E-state index in [-0.39, 0.29) is 11.4 Å². The molecule has 0 aliphatic heterocycles. The first kappa shape index (κ1) is 18.2. The van der Waals surface area contributed by atoms with Gasteiger partial charge in [-0.2, -0.15) is 13.2 Å². The SMILES string of the molecule is O=Cc1ccc(-c2nccc(NC(=O)c3ccc(C(F)(F)F)cc3)n2)cc1. The first-order chi connectivity index (χ1) is 12.9. The predicted molar refractivity (Wildman–Crippen MR) is 92.3 cm³/mol. The van der Waals surface area contributed by atoms with Crippen LogP contribution in [0.3, 0.4) is 0 Å². The number of aromatic nitrogens is 2. The number of hydrogen-bond acceptors (Lipinski definition) is 4. The van der Waals surface area contributed by atoms with E-state index in [0.29, 0.717) is 23.2 Å². The van der Waals surface area contributed by atoms with Crippen LogP contribution in [0.25, 0.3) is 11.4 Å². The van der Waals surface area contributed by atoms with E-state index in [2.05, 4.69) is 15.3 Å². The van der Waals surface area contributed by atoms with Gasteiger partial charge in [0.2, 0.25) is 0 Å². The van der Waals surface area contributed by atoms with Crippen molar-refractivity contribution >= 4 is 18.0 Å². The van der Waals surface area contributed by atoms with E-state index >= 15 is 0 Å². The number of carbonyl (C=O) groups excluding carboxylic acids is 2. The standard InChI is InChI=1S/C19H12F3N3O2/c20-19(21,22)15-7-5-14(6-8-15)18(27)25-16-9-10-23-17(24-16)13-3-1-12(11-26)2-4-13/h1-11H,(H,23,24,25,27). The van der Waals surface area contributed by atoms with Crippen molar-refractivity contribution in [2.75, 3.05) is 5.32 Å². The quantitative estimate of drug-likeness (QED) is 0.697. The van der Waals surface area contributed by atoms with Gasteiger partial charge in [0.1, 0.15) is 12.1 Å². The van der Waals surface area contributed by atoms with Crippen LogP contribution in [-0.4, -0.2) is 22.2 Å². The third-order valence-corrected chi connectivity index (χ3v) is 3.68. The number of halogens is 3. The van der Waals surface area contributed by atoms with Gasteiger partial charge in [-0.15, -0.1) is 0 Å². The number of amides is 1. The number of nitrogens with zero attached hydrogens (tertiary/aromatic N) is 2. The minimum Gasteiger partial charge on any atom is -0.306 e. The molecule has 3 rings (SSSR count). The topological polar surface area (TPSA) is 72.0 Å². The molecule has 136 valence electrons. The molecule has 0 unspecified atom stereocenters. The van der Waals surface area contributed by atoms with Crippen LogP contribution < -0.4 is 5.32 Å². The average Bonchev–Trinajstić information content (AvgIpc) is 2.67. The molecule has 0 saturated heterocycles. The van der Waals surface area contributed by atoms with Gasteiger partial charge in [0.25, 0.3) is 5.91 Å². The van der Waals surface area contributed by atoms with Gasteiger partial charge in [0.15, 0.2) is 5.82 Å². The predicted octanol–water partition coefficient (Wildman–Crippen LogP) is 4.23. The summed E-state index contributed by atoms with van der Waals surface area (Å²) in [6.07, 6.45) is -2.31. The van der Waals surface area contributed by atoms with Crippen LogP contribution in [0.1, 0.15) is 26.3 Å². The number of anilines is 1. The molecule has 27 heavy (non-hydrogen) atoms. The van der Waals surface area contributed by atoms with Crippen molar-refractivity contribution in [2.24, 2.45) is 0 Å². The molecule has 0 radical (unpaired) electrons. The lowest BCUT2D eigenvalue weighted by Crippen LogP contribution is -2.14. The number of carbonyl (C=O) groups is 2. The summed E-state index contributed by atoms with van der Waals surface area (Å²) in [5.74, 6) is -0.0632. The number of nitrogens with one attached hydrogen (secondary N) is 1. The number of hydrogen-bond donors (Lipinski definition) is 1. The Bertz CT molecular complexity index is 969. The molecule has 1 amide bonds.